The maximum absolute atomic E-state index is 12.2. The molecule has 1 aliphatic heterocycles. The molecule has 0 bridgehead atoms. The number of aromatic nitrogens is 2. The summed E-state index contributed by atoms with van der Waals surface area (Å²) in [5, 5.41) is 2.89. The summed E-state index contributed by atoms with van der Waals surface area (Å²) in [4.78, 5) is 22.3. The molecular formula is C12H18N4O. The fourth-order valence-corrected chi connectivity index (χ4v) is 2.05. The molecule has 1 fully saturated rings. The van der Waals surface area contributed by atoms with Gasteiger partial charge >= 0.3 is 0 Å². The van der Waals surface area contributed by atoms with Gasteiger partial charge < -0.3 is 10.2 Å². The number of anilines is 1. The first kappa shape index (κ1) is 11.8. The molecule has 0 spiro atoms. The lowest BCUT2D eigenvalue weighted by Gasteiger charge is -2.15. The minimum absolute atomic E-state index is 0.0224. The highest BCUT2D eigenvalue weighted by molar-refractivity contribution is 5.92. The van der Waals surface area contributed by atoms with Crippen molar-refractivity contribution in [3.8, 4) is 0 Å². The molecule has 1 saturated heterocycles. The zero-order valence-corrected chi connectivity index (χ0v) is 10.5. The Morgan fingerprint density at radius 3 is 2.59 bits per heavy atom. The Morgan fingerprint density at radius 1 is 1.35 bits per heavy atom. The second-order valence-corrected chi connectivity index (χ2v) is 4.70. The molecule has 0 aliphatic carbocycles. The second-order valence-electron chi connectivity index (χ2n) is 4.70. The van der Waals surface area contributed by atoms with Gasteiger partial charge in [0.1, 0.15) is 11.5 Å². The van der Waals surface area contributed by atoms with Crippen LogP contribution in [0, 0.1) is 11.8 Å². The zero-order valence-electron chi connectivity index (χ0n) is 10.5. The summed E-state index contributed by atoms with van der Waals surface area (Å²) >= 11 is 0. The molecule has 5 nitrogen and oxygen atoms in total. The van der Waals surface area contributed by atoms with Crippen molar-refractivity contribution in [1.82, 2.24) is 14.9 Å². The second kappa shape index (κ2) is 4.69. The fourth-order valence-electron chi connectivity index (χ4n) is 2.05. The van der Waals surface area contributed by atoms with Gasteiger partial charge in [-0.25, -0.2) is 4.98 Å². The summed E-state index contributed by atoms with van der Waals surface area (Å²) in [6.45, 7) is 5.97. The molecule has 17 heavy (non-hydrogen) atoms. The quantitative estimate of drug-likeness (QED) is 0.836. The molecule has 0 radical (unpaired) electrons. The number of nitrogens with one attached hydrogen (secondary N) is 1. The molecule has 0 aromatic carbocycles. The Balaban J connectivity index is 2.14. The van der Waals surface area contributed by atoms with Crippen molar-refractivity contribution in [2.75, 3.05) is 25.5 Å². The summed E-state index contributed by atoms with van der Waals surface area (Å²) in [6, 6.07) is 0. The van der Waals surface area contributed by atoms with E-state index in [4.69, 9.17) is 0 Å². The van der Waals surface area contributed by atoms with Crippen LogP contribution in [0.4, 0.5) is 5.82 Å². The van der Waals surface area contributed by atoms with Gasteiger partial charge in [-0.2, -0.15) is 0 Å². The summed E-state index contributed by atoms with van der Waals surface area (Å²) in [6.07, 6.45) is 3.13. The standard InChI is InChI=1S/C12H18N4O/c1-8-6-16(7-9(8)2)12(17)10-4-14-5-11(13-3)15-10/h4-5,8-9H,6-7H2,1-3H3,(H,13,15). The first-order valence-electron chi connectivity index (χ1n) is 5.91. The number of amides is 1. The van der Waals surface area contributed by atoms with Crippen LogP contribution in [0.1, 0.15) is 24.3 Å². The maximum Gasteiger partial charge on any atom is 0.274 e. The van der Waals surface area contributed by atoms with E-state index in [9.17, 15) is 4.79 Å². The van der Waals surface area contributed by atoms with Gasteiger partial charge in [-0.05, 0) is 11.8 Å². The molecule has 0 saturated carbocycles. The summed E-state index contributed by atoms with van der Waals surface area (Å²) in [7, 11) is 1.76. The monoisotopic (exact) mass is 234 g/mol. The van der Waals surface area contributed by atoms with E-state index in [1.807, 2.05) is 4.90 Å². The van der Waals surface area contributed by atoms with Crippen LogP contribution in [0.5, 0.6) is 0 Å². The molecule has 1 aliphatic rings. The SMILES string of the molecule is CNc1cncc(C(=O)N2CC(C)C(C)C2)n1. The predicted molar refractivity (Wildman–Crippen MR) is 65.8 cm³/mol. The number of likely N-dealkylation sites (tertiary alicyclic amines) is 1. The fraction of sp³-hybridized carbons (Fsp3) is 0.583. The van der Waals surface area contributed by atoms with Crippen LogP contribution < -0.4 is 5.32 Å². The summed E-state index contributed by atoms with van der Waals surface area (Å²) in [5.41, 5.74) is 0.415. The van der Waals surface area contributed by atoms with Gasteiger partial charge in [0.2, 0.25) is 0 Å². The van der Waals surface area contributed by atoms with Crippen LogP contribution in [0.2, 0.25) is 0 Å². The highest BCUT2D eigenvalue weighted by atomic mass is 16.2. The third-order valence-corrected chi connectivity index (χ3v) is 3.39. The van der Waals surface area contributed by atoms with Crippen molar-refractivity contribution >= 4 is 11.7 Å². The molecule has 2 heterocycles. The number of hydrogen-bond donors (Lipinski definition) is 1. The normalized spacial score (nSPS) is 23.8. The molecule has 5 heteroatoms. The van der Waals surface area contributed by atoms with Crippen molar-refractivity contribution in [3.05, 3.63) is 18.1 Å². The summed E-state index contributed by atoms with van der Waals surface area (Å²) in [5.74, 6) is 1.71. The number of hydrogen-bond acceptors (Lipinski definition) is 4. The Hall–Kier alpha value is -1.65. The third-order valence-electron chi connectivity index (χ3n) is 3.39. The smallest absolute Gasteiger partial charge is 0.274 e. The van der Waals surface area contributed by atoms with E-state index in [0.717, 1.165) is 13.1 Å². The van der Waals surface area contributed by atoms with Crippen LogP contribution in [-0.2, 0) is 0 Å². The van der Waals surface area contributed by atoms with Crippen molar-refractivity contribution < 1.29 is 4.79 Å². The average Bonchev–Trinajstić information content (AvgIpc) is 2.69. The Morgan fingerprint density at radius 2 is 2.00 bits per heavy atom. The van der Waals surface area contributed by atoms with Crippen LogP contribution >= 0.6 is 0 Å². The van der Waals surface area contributed by atoms with Crippen molar-refractivity contribution in [1.29, 1.82) is 0 Å². The molecular weight excluding hydrogens is 216 g/mol. The van der Waals surface area contributed by atoms with E-state index in [2.05, 4.69) is 29.1 Å². The van der Waals surface area contributed by atoms with Gasteiger partial charge in [0.15, 0.2) is 0 Å². The largest absolute Gasteiger partial charge is 0.372 e. The van der Waals surface area contributed by atoms with Crippen molar-refractivity contribution in [2.45, 2.75) is 13.8 Å². The minimum Gasteiger partial charge on any atom is -0.372 e. The molecule has 92 valence electrons. The van der Waals surface area contributed by atoms with E-state index >= 15 is 0 Å². The van der Waals surface area contributed by atoms with E-state index in [-0.39, 0.29) is 5.91 Å². The molecule has 2 unspecified atom stereocenters. The van der Waals surface area contributed by atoms with Gasteiger partial charge in [-0.1, -0.05) is 13.8 Å². The Bertz CT molecular complexity index is 411. The lowest BCUT2D eigenvalue weighted by Crippen LogP contribution is -2.29. The van der Waals surface area contributed by atoms with Gasteiger partial charge in [-0.3, -0.25) is 9.78 Å². The molecule has 1 N–H and O–H groups in total. The van der Waals surface area contributed by atoms with Crippen LogP contribution in [0.15, 0.2) is 12.4 Å². The summed E-state index contributed by atoms with van der Waals surface area (Å²) < 4.78 is 0. The minimum atomic E-state index is -0.0224. The number of carbonyl (C=O) groups excluding carboxylic acids is 1. The van der Waals surface area contributed by atoms with Crippen LogP contribution in [0.3, 0.4) is 0 Å². The van der Waals surface area contributed by atoms with E-state index in [1.54, 1.807) is 13.2 Å². The van der Waals surface area contributed by atoms with Gasteiger partial charge in [-0.15, -0.1) is 0 Å². The Kier molecular flexibility index (Phi) is 3.26. The molecule has 1 aromatic heterocycles. The lowest BCUT2D eigenvalue weighted by molar-refractivity contribution is 0.0779. The molecule has 1 amide bonds. The Labute approximate surface area is 101 Å². The van der Waals surface area contributed by atoms with Crippen LogP contribution in [0.25, 0.3) is 0 Å². The van der Waals surface area contributed by atoms with Crippen LogP contribution in [-0.4, -0.2) is 40.9 Å². The maximum atomic E-state index is 12.2. The molecule has 1 aromatic rings. The van der Waals surface area contributed by atoms with Crippen molar-refractivity contribution in [3.63, 3.8) is 0 Å². The highest BCUT2D eigenvalue weighted by Gasteiger charge is 2.30. The molecule has 2 rings (SSSR count). The number of rotatable bonds is 2. The number of nitrogens with zero attached hydrogens (tertiary/aromatic N) is 3. The van der Waals surface area contributed by atoms with Gasteiger partial charge in [0.25, 0.3) is 5.91 Å². The lowest BCUT2D eigenvalue weighted by atomic mass is 10.0. The first-order chi connectivity index (χ1) is 8.11. The van der Waals surface area contributed by atoms with E-state index < -0.39 is 0 Å². The first-order valence-corrected chi connectivity index (χ1v) is 5.91. The molecule has 2 atom stereocenters. The number of carbonyl (C=O) groups is 1. The van der Waals surface area contributed by atoms with Gasteiger partial charge in [0.05, 0.1) is 12.4 Å². The third kappa shape index (κ3) is 2.38. The topological polar surface area (TPSA) is 58.1 Å². The highest BCUT2D eigenvalue weighted by Crippen LogP contribution is 2.23. The van der Waals surface area contributed by atoms with E-state index in [0.29, 0.717) is 23.3 Å². The van der Waals surface area contributed by atoms with Gasteiger partial charge in [0, 0.05) is 20.1 Å². The van der Waals surface area contributed by atoms with Crippen molar-refractivity contribution in [2.24, 2.45) is 11.8 Å². The zero-order chi connectivity index (χ0) is 12.4. The average molecular weight is 234 g/mol. The van der Waals surface area contributed by atoms with E-state index in [1.165, 1.54) is 6.20 Å². The predicted octanol–water partition coefficient (Wildman–Crippen LogP) is 1.25.